The van der Waals surface area contributed by atoms with Gasteiger partial charge in [0.15, 0.2) is 0 Å². The van der Waals surface area contributed by atoms with E-state index in [0.717, 1.165) is 36.0 Å². The zero-order valence-electron chi connectivity index (χ0n) is 29.9. The Balaban J connectivity index is 0.00000294. The molecule has 246 valence electrons. The summed E-state index contributed by atoms with van der Waals surface area (Å²) in [7, 11) is -0.538. The fourth-order valence-electron chi connectivity index (χ4n) is 5.76. The first-order valence-electron chi connectivity index (χ1n) is 17.3. The molecule has 0 amide bonds. The Labute approximate surface area is 285 Å². The first kappa shape index (κ1) is 37.5. The Morgan fingerprint density at radius 1 is 0.957 bits per heavy atom. The summed E-state index contributed by atoms with van der Waals surface area (Å²) in [6, 6.07) is 17.5. The minimum absolute atomic E-state index is 0.000950. The molecule has 0 aromatic heterocycles. The highest BCUT2D eigenvalue weighted by Gasteiger charge is 2.25. The minimum atomic E-state index is -0.538. The zero-order chi connectivity index (χ0) is 34.2. The van der Waals surface area contributed by atoms with Gasteiger partial charge in [0.25, 0.3) is 0 Å². The van der Waals surface area contributed by atoms with Gasteiger partial charge in [0.2, 0.25) is 0 Å². The molecule has 1 unspecified atom stereocenters. The van der Waals surface area contributed by atoms with Crippen LogP contribution in [0.15, 0.2) is 138 Å². The standard InChI is InChI=1S/C41H48BNO2.C2H6/c1-8-19-34(24-18-22-33-20-12-10-11-13-21-33)40-28-35-23-14-15-25-37(35)41(39-27-17-16-26-38(39)40)32(7)43-29-36(9-2)42(44-30(3)4)45-31(5)6;1-2/h8-12,14-20,22-27,29-31,33H,2,13,21,28H2,1,3-7H3;1-2H3/b19-8-,22-18+,34-24+,36-29+,43-32?;. The predicted molar refractivity (Wildman–Crippen MR) is 206 cm³/mol. The lowest BCUT2D eigenvalue weighted by Crippen LogP contribution is -2.31. The summed E-state index contributed by atoms with van der Waals surface area (Å²) in [4.78, 5) is 5.03. The highest BCUT2D eigenvalue weighted by Crippen LogP contribution is 2.27. The summed E-state index contributed by atoms with van der Waals surface area (Å²) < 4.78 is 12.2. The van der Waals surface area contributed by atoms with Gasteiger partial charge in [0.1, 0.15) is 0 Å². The van der Waals surface area contributed by atoms with Crippen LogP contribution in [-0.2, 0) is 15.7 Å². The van der Waals surface area contributed by atoms with Crippen LogP contribution in [0.5, 0.6) is 0 Å². The molecule has 47 heavy (non-hydrogen) atoms. The van der Waals surface area contributed by atoms with Crippen molar-refractivity contribution in [1.29, 1.82) is 0 Å². The number of rotatable bonds is 12. The lowest BCUT2D eigenvalue weighted by Gasteiger charge is -2.20. The molecule has 0 fully saturated rings. The number of hydrogen-bond acceptors (Lipinski definition) is 3. The van der Waals surface area contributed by atoms with Gasteiger partial charge in [-0.2, -0.15) is 0 Å². The molecule has 3 nitrogen and oxygen atoms in total. The van der Waals surface area contributed by atoms with Crippen molar-refractivity contribution in [1.82, 2.24) is 0 Å². The van der Waals surface area contributed by atoms with Crippen LogP contribution in [0.1, 0.15) is 79.4 Å². The SMILES string of the molecule is C=C/C(=C\N=C(C)C1=c2ccccc2=C(C(/C=C\C)=C/C=C/C2C=CC=CCC2)Cc2ccccc21)B(OC(C)C)OC(C)C.CC. The van der Waals surface area contributed by atoms with E-state index in [4.69, 9.17) is 14.3 Å². The van der Waals surface area contributed by atoms with Crippen molar-refractivity contribution >= 4 is 24.0 Å². The largest absolute Gasteiger partial charge is 0.495 e. The van der Waals surface area contributed by atoms with Crippen LogP contribution in [0.3, 0.4) is 0 Å². The molecule has 0 bridgehead atoms. The molecule has 0 N–H and O–H groups in total. The first-order chi connectivity index (χ1) is 22.8. The zero-order valence-corrected chi connectivity index (χ0v) is 29.9. The molecule has 2 aliphatic carbocycles. The van der Waals surface area contributed by atoms with E-state index in [1.54, 1.807) is 6.08 Å². The van der Waals surface area contributed by atoms with E-state index in [2.05, 4.69) is 124 Å². The summed E-state index contributed by atoms with van der Waals surface area (Å²) in [6.45, 7) is 20.3. The van der Waals surface area contributed by atoms with Crippen LogP contribution in [0, 0.1) is 5.92 Å². The first-order valence-corrected chi connectivity index (χ1v) is 17.3. The average molecular weight is 628 g/mol. The Bertz CT molecular complexity index is 1670. The van der Waals surface area contributed by atoms with Gasteiger partial charge in [-0.05, 0) is 99.4 Å². The molecule has 0 spiro atoms. The molecule has 0 saturated heterocycles. The Morgan fingerprint density at radius 2 is 1.64 bits per heavy atom. The van der Waals surface area contributed by atoms with Gasteiger partial charge in [-0.3, -0.25) is 4.99 Å². The molecule has 0 saturated carbocycles. The van der Waals surface area contributed by atoms with Gasteiger partial charge in [0.05, 0.1) is 0 Å². The average Bonchev–Trinajstić information content (AvgIpc) is 3.41. The van der Waals surface area contributed by atoms with E-state index >= 15 is 0 Å². The van der Waals surface area contributed by atoms with Crippen molar-refractivity contribution in [2.45, 2.75) is 86.9 Å². The Morgan fingerprint density at radius 3 is 2.32 bits per heavy atom. The monoisotopic (exact) mass is 627 g/mol. The van der Waals surface area contributed by atoms with Crippen LogP contribution >= 0.6 is 0 Å². The molecule has 0 aliphatic heterocycles. The molecular formula is C43H54BNO2. The third kappa shape index (κ3) is 10.8. The summed E-state index contributed by atoms with van der Waals surface area (Å²) in [6.07, 6.45) is 26.7. The van der Waals surface area contributed by atoms with Crippen molar-refractivity contribution in [2.24, 2.45) is 10.9 Å². The molecule has 1 atom stereocenters. The van der Waals surface area contributed by atoms with E-state index in [0.29, 0.717) is 5.92 Å². The van der Waals surface area contributed by atoms with Gasteiger partial charge < -0.3 is 9.31 Å². The third-order valence-corrected chi connectivity index (χ3v) is 7.84. The molecule has 0 heterocycles. The smallest absolute Gasteiger partial charge is 0.405 e. The number of hydrogen-bond donors (Lipinski definition) is 0. The second-order valence-electron chi connectivity index (χ2n) is 12.0. The second kappa shape index (κ2) is 19.6. The number of nitrogens with zero attached hydrogens (tertiary/aromatic N) is 1. The lowest BCUT2D eigenvalue weighted by atomic mass is 9.77. The van der Waals surface area contributed by atoms with Crippen LogP contribution in [0.4, 0.5) is 0 Å². The van der Waals surface area contributed by atoms with Gasteiger partial charge in [-0.1, -0.05) is 130 Å². The van der Waals surface area contributed by atoms with Gasteiger partial charge in [-0.25, -0.2) is 0 Å². The van der Waals surface area contributed by atoms with E-state index < -0.39 is 7.12 Å². The van der Waals surface area contributed by atoms with Crippen LogP contribution < -0.4 is 10.4 Å². The van der Waals surface area contributed by atoms with Gasteiger partial charge in [-0.15, -0.1) is 0 Å². The fourth-order valence-corrected chi connectivity index (χ4v) is 5.76. The van der Waals surface area contributed by atoms with Crippen molar-refractivity contribution in [2.75, 3.05) is 0 Å². The topological polar surface area (TPSA) is 30.8 Å². The highest BCUT2D eigenvalue weighted by atomic mass is 16.6. The summed E-state index contributed by atoms with van der Waals surface area (Å²) >= 11 is 0. The summed E-state index contributed by atoms with van der Waals surface area (Å²) in [5.41, 5.74) is 7.86. The van der Waals surface area contributed by atoms with Crippen LogP contribution in [-0.4, -0.2) is 25.0 Å². The Hall–Kier alpha value is -3.99. The van der Waals surface area contributed by atoms with Crippen molar-refractivity contribution in [3.05, 3.63) is 155 Å². The maximum Gasteiger partial charge on any atom is 0.495 e. The van der Waals surface area contributed by atoms with E-state index in [1.165, 1.54) is 32.7 Å². The molecule has 4 rings (SSSR count). The highest BCUT2D eigenvalue weighted by molar-refractivity contribution is 6.54. The fraction of sp³-hybridized carbons (Fsp3) is 0.326. The molecule has 2 aromatic rings. The molecule has 0 radical (unpaired) electrons. The maximum atomic E-state index is 6.10. The molecule has 4 heteroatoms. The van der Waals surface area contributed by atoms with Gasteiger partial charge in [0, 0.05) is 35.2 Å². The number of allylic oxidation sites excluding steroid dienone is 12. The van der Waals surface area contributed by atoms with Gasteiger partial charge >= 0.3 is 7.12 Å². The van der Waals surface area contributed by atoms with Crippen molar-refractivity contribution in [3.63, 3.8) is 0 Å². The van der Waals surface area contributed by atoms with E-state index in [9.17, 15) is 0 Å². The molecule has 2 aliphatic rings. The normalized spacial score (nSPS) is 17.1. The summed E-state index contributed by atoms with van der Waals surface area (Å²) in [5, 5.41) is 2.41. The van der Waals surface area contributed by atoms with E-state index in [1.807, 2.05) is 47.7 Å². The van der Waals surface area contributed by atoms with E-state index in [-0.39, 0.29) is 12.2 Å². The summed E-state index contributed by atoms with van der Waals surface area (Å²) in [5.74, 6) is 0.444. The number of aliphatic imine (C=N–C) groups is 1. The lowest BCUT2D eigenvalue weighted by molar-refractivity contribution is 0.136. The Kier molecular flexibility index (Phi) is 15.6. The second-order valence-corrected chi connectivity index (χ2v) is 12.0. The predicted octanol–water partition coefficient (Wildman–Crippen LogP) is 9.61. The number of benzene rings is 2. The quantitative estimate of drug-likeness (QED) is 0.133. The maximum absolute atomic E-state index is 6.10. The van der Waals surface area contributed by atoms with Crippen molar-refractivity contribution in [3.8, 4) is 0 Å². The minimum Gasteiger partial charge on any atom is -0.405 e. The molecular weight excluding hydrogens is 573 g/mol. The third-order valence-electron chi connectivity index (χ3n) is 7.84. The van der Waals surface area contributed by atoms with Crippen LogP contribution in [0.2, 0.25) is 0 Å². The number of fused-ring (bicyclic) bond motifs is 2. The van der Waals surface area contributed by atoms with Crippen molar-refractivity contribution < 1.29 is 9.31 Å². The molecule has 2 aromatic carbocycles. The van der Waals surface area contributed by atoms with Crippen LogP contribution in [0.25, 0.3) is 11.1 Å².